The summed E-state index contributed by atoms with van der Waals surface area (Å²) in [5, 5.41) is 0.274. The molecule has 0 atom stereocenters. The predicted molar refractivity (Wildman–Crippen MR) is 53.5 cm³/mol. The fraction of sp³-hybridized carbons (Fsp3) is 0.222. The topological polar surface area (TPSA) is 34.1 Å². The molecule has 2 nitrogen and oxygen atoms in total. The zero-order valence-electron chi connectivity index (χ0n) is 7.03. The van der Waals surface area contributed by atoms with Crippen LogP contribution >= 0.6 is 11.6 Å². The van der Waals surface area contributed by atoms with Crippen LogP contribution in [0.4, 0.5) is 0 Å². The summed E-state index contributed by atoms with van der Waals surface area (Å²) in [6.45, 7) is 3.50. The van der Waals surface area contributed by atoms with Crippen molar-refractivity contribution in [2.75, 3.05) is 5.75 Å². The highest BCUT2D eigenvalue weighted by Gasteiger charge is 2.15. The minimum atomic E-state index is -3.24. The van der Waals surface area contributed by atoms with Crippen molar-refractivity contribution in [3.05, 3.63) is 36.2 Å². The Morgan fingerprint density at radius 3 is 2.46 bits per heavy atom. The smallest absolute Gasteiger partial charge is 0.179 e. The maximum Gasteiger partial charge on any atom is 0.179 e. The maximum absolute atomic E-state index is 11.5. The molecule has 0 fully saturated rings. The van der Waals surface area contributed by atoms with Gasteiger partial charge in [0, 0.05) is 0 Å². The van der Waals surface area contributed by atoms with Gasteiger partial charge in [-0.15, -0.1) is 0 Å². The molecule has 0 heterocycles. The summed E-state index contributed by atoms with van der Waals surface area (Å²) in [4.78, 5) is 0.195. The van der Waals surface area contributed by atoms with E-state index in [2.05, 4.69) is 6.92 Å². The summed E-state index contributed by atoms with van der Waals surface area (Å²) in [7, 11) is -3.24. The molecule has 0 unspecified atom stereocenters. The highest BCUT2D eigenvalue weighted by atomic mass is 35.5. The van der Waals surface area contributed by atoms with Gasteiger partial charge in [-0.2, -0.15) is 0 Å². The van der Waals surface area contributed by atoms with Gasteiger partial charge in [-0.3, -0.25) is 0 Å². The summed E-state index contributed by atoms with van der Waals surface area (Å²) in [6.07, 6.45) is 0.355. The van der Waals surface area contributed by atoms with E-state index in [1.165, 1.54) is 6.07 Å². The molecular formula is C9H10ClO2S. The molecule has 1 rings (SSSR count). The average molecular weight is 218 g/mol. The third-order valence-electron chi connectivity index (χ3n) is 1.58. The quantitative estimate of drug-likeness (QED) is 0.779. The van der Waals surface area contributed by atoms with Crippen LogP contribution in [0.25, 0.3) is 0 Å². The zero-order valence-corrected chi connectivity index (χ0v) is 8.61. The van der Waals surface area contributed by atoms with Crippen LogP contribution in [0.15, 0.2) is 29.2 Å². The van der Waals surface area contributed by atoms with Crippen LogP contribution in [-0.4, -0.2) is 14.2 Å². The minimum absolute atomic E-state index is 0.0384. The first-order valence-corrected chi connectivity index (χ1v) is 5.87. The summed E-state index contributed by atoms with van der Waals surface area (Å²) >= 11 is 5.74. The second-order valence-corrected chi connectivity index (χ2v) is 5.09. The summed E-state index contributed by atoms with van der Waals surface area (Å²) in [6, 6.07) is 6.43. The largest absolute Gasteiger partial charge is 0.224 e. The number of halogens is 1. The Balaban J connectivity index is 3.15. The molecule has 0 aliphatic heterocycles. The summed E-state index contributed by atoms with van der Waals surface area (Å²) in [5.74, 6) is 0.0384. The van der Waals surface area contributed by atoms with E-state index in [1.807, 2.05) is 0 Å². The van der Waals surface area contributed by atoms with Gasteiger partial charge >= 0.3 is 0 Å². The van der Waals surface area contributed by atoms with E-state index in [4.69, 9.17) is 11.6 Å². The third-order valence-corrected chi connectivity index (χ3v) is 3.88. The molecule has 71 valence electrons. The maximum atomic E-state index is 11.5. The molecule has 0 aliphatic rings. The lowest BCUT2D eigenvalue weighted by atomic mass is 10.4. The van der Waals surface area contributed by atoms with Gasteiger partial charge in [-0.05, 0) is 18.6 Å². The van der Waals surface area contributed by atoms with E-state index in [0.29, 0.717) is 6.42 Å². The molecular weight excluding hydrogens is 208 g/mol. The number of rotatable bonds is 3. The van der Waals surface area contributed by atoms with Gasteiger partial charge in [0.1, 0.15) is 0 Å². The first-order chi connectivity index (χ1) is 6.08. The molecule has 0 N–H and O–H groups in total. The van der Waals surface area contributed by atoms with Gasteiger partial charge < -0.3 is 0 Å². The van der Waals surface area contributed by atoms with Crippen molar-refractivity contribution in [2.24, 2.45) is 0 Å². The van der Waals surface area contributed by atoms with Crippen LogP contribution in [0.5, 0.6) is 0 Å². The SMILES string of the molecule is [CH2]CCS(=O)(=O)c1ccccc1Cl. The molecule has 0 bridgehead atoms. The highest BCUT2D eigenvalue weighted by molar-refractivity contribution is 7.91. The van der Waals surface area contributed by atoms with Gasteiger partial charge in [-0.25, -0.2) is 8.42 Å². The molecule has 0 spiro atoms. The second kappa shape index (κ2) is 4.11. The van der Waals surface area contributed by atoms with Crippen LogP contribution in [0.3, 0.4) is 0 Å². The number of benzene rings is 1. The van der Waals surface area contributed by atoms with E-state index < -0.39 is 9.84 Å². The molecule has 0 aliphatic carbocycles. The Labute approximate surface area is 83.5 Å². The van der Waals surface area contributed by atoms with Gasteiger partial charge in [0.2, 0.25) is 0 Å². The number of sulfone groups is 1. The Morgan fingerprint density at radius 1 is 1.31 bits per heavy atom. The number of hydrogen-bond acceptors (Lipinski definition) is 2. The molecule has 0 amide bonds. The first kappa shape index (κ1) is 10.5. The van der Waals surface area contributed by atoms with Crippen LogP contribution in [0.2, 0.25) is 5.02 Å². The van der Waals surface area contributed by atoms with Crippen LogP contribution in [0.1, 0.15) is 6.42 Å². The second-order valence-electron chi connectivity index (χ2n) is 2.60. The van der Waals surface area contributed by atoms with Crippen molar-refractivity contribution in [3.63, 3.8) is 0 Å². The van der Waals surface area contributed by atoms with Crippen LogP contribution < -0.4 is 0 Å². The van der Waals surface area contributed by atoms with E-state index in [9.17, 15) is 8.42 Å². The van der Waals surface area contributed by atoms with Gasteiger partial charge in [0.15, 0.2) is 9.84 Å². The van der Waals surface area contributed by atoms with E-state index in [-0.39, 0.29) is 15.7 Å². The molecule has 0 saturated carbocycles. The average Bonchev–Trinajstić information content (AvgIpc) is 2.04. The van der Waals surface area contributed by atoms with Crippen LogP contribution in [-0.2, 0) is 9.84 Å². The fourth-order valence-electron chi connectivity index (χ4n) is 0.997. The van der Waals surface area contributed by atoms with E-state index in [0.717, 1.165) is 0 Å². The van der Waals surface area contributed by atoms with Gasteiger partial charge in [-0.1, -0.05) is 30.7 Å². The van der Waals surface area contributed by atoms with E-state index >= 15 is 0 Å². The summed E-state index contributed by atoms with van der Waals surface area (Å²) in [5.41, 5.74) is 0. The van der Waals surface area contributed by atoms with Crippen molar-refractivity contribution < 1.29 is 8.42 Å². The number of hydrogen-bond donors (Lipinski definition) is 0. The highest BCUT2D eigenvalue weighted by Crippen LogP contribution is 2.21. The monoisotopic (exact) mass is 217 g/mol. The molecule has 0 aromatic heterocycles. The lowest BCUT2D eigenvalue weighted by molar-refractivity contribution is 0.596. The van der Waals surface area contributed by atoms with Crippen LogP contribution in [0, 0.1) is 6.92 Å². The van der Waals surface area contributed by atoms with Gasteiger partial charge in [0.05, 0.1) is 15.7 Å². The fourth-order valence-corrected chi connectivity index (χ4v) is 2.74. The first-order valence-electron chi connectivity index (χ1n) is 3.84. The molecule has 1 aromatic rings. The van der Waals surface area contributed by atoms with Crippen molar-refractivity contribution in [1.29, 1.82) is 0 Å². The molecule has 0 saturated heterocycles. The van der Waals surface area contributed by atoms with Crippen molar-refractivity contribution in [2.45, 2.75) is 11.3 Å². The Kier molecular flexibility index (Phi) is 3.33. The third kappa shape index (κ3) is 2.45. The zero-order chi connectivity index (χ0) is 9.90. The lowest BCUT2D eigenvalue weighted by Gasteiger charge is -2.03. The van der Waals surface area contributed by atoms with Crippen molar-refractivity contribution in [3.8, 4) is 0 Å². The van der Waals surface area contributed by atoms with Gasteiger partial charge in [0.25, 0.3) is 0 Å². The Bertz CT molecular complexity index is 384. The predicted octanol–water partition coefficient (Wildman–Crippen LogP) is 2.34. The molecule has 1 aromatic carbocycles. The summed E-state index contributed by atoms with van der Waals surface area (Å²) < 4.78 is 23.1. The minimum Gasteiger partial charge on any atom is -0.224 e. The molecule has 1 radical (unpaired) electrons. The Hall–Kier alpha value is -0.540. The Morgan fingerprint density at radius 2 is 1.92 bits per heavy atom. The molecule has 13 heavy (non-hydrogen) atoms. The van der Waals surface area contributed by atoms with Crippen molar-refractivity contribution in [1.82, 2.24) is 0 Å². The lowest BCUT2D eigenvalue weighted by Crippen LogP contribution is -2.06. The van der Waals surface area contributed by atoms with E-state index in [1.54, 1.807) is 18.2 Å². The normalized spacial score (nSPS) is 11.5. The molecule has 4 heteroatoms. The standard InChI is InChI=1S/C9H10ClO2S/c1-2-7-13(11,12)9-6-4-3-5-8(9)10/h3-6H,1-2,7H2. The van der Waals surface area contributed by atoms with Crippen molar-refractivity contribution >= 4 is 21.4 Å².